The fraction of sp³-hybridized carbons (Fsp3) is 0.391. The van der Waals surface area contributed by atoms with Crippen LogP contribution >= 0.6 is 23.1 Å². The van der Waals surface area contributed by atoms with Crippen LogP contribution in [-0.4, -0.2) is 54.3 Å². The normalized spacial score (nSPS) is 14.6. The van der Waals surface area contributed by atoms with E-state index < -0.39 is 0 Å². The fourth-order valence-electron chi connectivity index (χ4n) is 3.73. The third-order valence-electron chi connectivity index (χ3n) is 5.19. The van der Waals surface area contributed by atoms with E-state index in [0.717, 1.165) is 28.5 Å². The summed E-state index contributed by atoms with van der Waals surface area (Å²) >= 11 is 3.36. The summed E-state index contributed by atoms with van der Waals surface area (Å²) in [5.74, 6) is 0.714. The molecule has 1 aliphatic heterocycles. The van der Waals surface area contributed by atoms with E-state index in [1.54, 1.807) is 23.1 Å². The maximum Gasteiger partial charge on any atom is 0.257 e. The number of carbonyl (C=O) groups is 1. The summed E-state index contributed by atoms with van der Waals surface area (Å²) in [6.07, 6.45) is 2.05. The van der Waals surface area contributed by atoms with Crippen LogP contribution in [0.1, 0.15) is 29.2 Å². The first kappa shape index (κ1) is 21.0. The van der Waals surface area contributed by atoms with Crippen LogP contribution in [0.5, 0.6) is 5.75 Å². The lowest BCUT2D eigenvalue weighted by Crippen LogP contribution is -2.48. The molecule has 158 valence electrons. The van der Waals surface area contributed by atoms with Gasteiger partial charge in [0, 0.05) is 36.8 Å². The number of ether oxygens (including phenoxy) is 1. The number of benzene rings is 2. The summed E-state index contributed by atoms with van der Waals surface area (Å²) < 4.78 is 7.14. The third kappa shape index (κ3) is 4.42. The van der Waals surface area contributed by atoms with E-state index in [-0.39, 0.29) is 12.0 Å². The van der Waals surface area contributed by atoms with Gasteiger partial charge < -0.3 is 14.5 Å². The molecule has 1 saturated heterocycles. The van der Waals surface area contributed by atoms with Gasteiger partial charge in [0.2, 0.25) is 0 Å². The summed E-state index contributed by atoms with van der Waals surface area (Å²) in [5, 5.41) is 1.09. The molecule has 1 amide bonds. The lowest BCUT2D eigenvalue weighted by Gasteiger charge is -2.36. The van der Waals surface area contributed by atoms with Crippen LogP contribution in [0, 0.1) is 6.92 Å². The molecule has 3 aromatic rings. The number of piperazine rings is 1. The van der Waals surface area contributed by atoms with Gasteiger partial charge >= 0.3 is 0 Å². The highest BCUT2D eigenvalue weighted by atomic mass is 32.2. The first-order valence-corrected chi connectivity index (χ1v) is 12.2. The van der Waals surface area contributed by atoms with Crippen LogP contribution in [0.3, 0.4) is 0 Å². The van der Waals surface area contributed by atoms with Crippen LogP contribution < -0.4 is 9.64 Å². The molecule has 0 unspecified atom stereocenters. The summed E-state index contributed by atoms with van der Waals surface area (Å²) in [6, 6.07) is 12.3. The molecule has 2 heterocycles. The minimum Gasteiger partial charge on any atom is -0.490 e. The minimum absolute atomic E-state index is 0.0257. The Kier molecular flexibility index (Phi) is 6.20. The van der Waals surface area contributed by atoms with Crippen LogP contribution in [0.4, 0.5) is 5.69 Å². The highest BCUT2D eigenvalue weighted by Crippen LogP contribution is 2.29. The zero-order chi connectivity index (χ0) is 21.3. The molecule has 0 saturated carbocycles. The molecule has 7 heteroatoms. The third-order valence-corrected chi connectivity index (χ3v) is 6.87. The van der Waals surface area contributed by atoms with Gasteiger partial charge in [0.25, 0.3) is 5.91 Å². The molecule has 1 aliphatic rings. The number of thioether (sulfide) groups is 1. The van der Waals surface area contributed by atoms with Crippen molar-refractivity contribution in [3.8, 4) is 5.75 Å². The maximum absolute atomic E-state index is 13.3. The molecular formula is C23H27N3O2S2. The Bertz CT molecular complexity index is 1060. The zero-order valence-electron chi connectivity index (χ0n) is 17.8. The maximum atomic E-state index is 13.3. The van der Waals surface area contributed by atoms with Crippen molar-refractivity contribution >= 4 is 44.9 Å². The largest absolute Gasteiger partial charge is 0.490 e. The summed E-state index contributed by atoms with van der Waals surface area (Å²) in [5.41, 5.74) is 2.88. The number of anilines is 1. The van der Waals surface area contributed by atoms with E-state index in [2.05, 4.69) is 28.1 Å². The fourth-order valence-corrected chi connectivity index (χ4v) is 4.97. The number of carbonyl (C=O) groups excluding carboxylic acids is 1. The van der Waals surface area contributed by atoms with Crippen molar-refractivity contribution in [1.82, 2.24) is 9.88 Å². The van der Waals surface area contributed by atoms with Gasteiger partial charge in [-0.2, -0.15) is 0 Å². The molecule has 1 aromatic heterocycles. The van der Waals surface area contributed by atoms with E-state index >= 15 is 0 Å². The number of amides is 1. The molecule has 0 spiro atoms. The van der Waals surface area contributed by atoms with Crippen molar-refractivity contribution in [2.24, 2.45) is 0 Å². The summed E-state index contributed by atoms with van der Waals surface area (Å²) in [7, 11) is 0. The molecule has 0 aliphatic carbocycles. The average Bonchev–Trinajstić information content (AvgIpc) is 3.12. The standard InChI is InChI=1S/C23H27N3O2S2/c1-15(2)28-21-7-6-18(29-4)14-19(21)23(27)26-11-9-25(10-12-26)17-5-8-22-20(13-17)24-16(3)30-22/h5-8,13-15H,9-12H2,1-4H3. The Hall–Kier alpha value is -2.25. The SMILES string of the molecule is CSc1ccc(OC(C)C)c(C(=O)N2CCN(c3ccc4sc(C)nc4c3)CC2)c1. The van der Waals surface area contributed by atoms with E-state index in [9.17, 15) is 4.79 Å². The Morgan fingerprint density at radius 3 is 2.60 bits per heavy atom. The molecule has 2 aromatic carbocycles. The van der Waals surface area contributed by atoms with Crippen LogP contribution in [0.15, 0.2) is 41.3 Å². The number of nitrogens with zero attached hydrogens (tertiary/aromatic N) is 3. The van der Waals surface area contributed by atoms with Gasteiger partial charge in [-0.05, 0) is 63.4 Å². The second-order valence-corrected chi connectivity index (χ2v) is 9.81. The van der Waals surface area contributed by atoms with Crippen molar-refractivity contribution in [2.45, 2.75) is 31.8 Å². The van der Waals surface area contributed by atoms with Gasteiger partial charge in [0.05, 0.1) is 26.9 Å². The van der Waals surface area contributed by atoms with Gasteiger partial charge in [-0.1, -0.05) is 0 Å². The lowest BCUT2D eigenvalue weighted by atomic mass is 10.1. The molecule has 5 nitrogen and oxygen atoms in total. The topological polar surface area (TPSA) is 45.7 Å². The van der Waals surface area contributed by atoms with E-state index in [1.807, 2.05) is 50.1 Å². The minimum atomic E-state index is 0.0257. The monoisotopic (exact) mass is 441 g/mol. The molecule has 0 atom stereocenters. The quantitative estimate of drug-likeness (QED) is 0.517. The van der Waals surface area contributed by atoms with Crippen LogP contribution in [-0.2, 0) is 0 Å². The van der Waals surface area contributed by atoms with Crippen LogP contribution in [0.25, 0.3) is 10.2 Å². The van der Waals surface area contributed by atoms with Crippen LogP contribution in [0.2, 0.25) is 0 Å². The molecule has 0 radical (unpaired) electrons. The lowest BCUT2D eigenvalue weighted by molar-refractivity contribution is 0.0740. The second-order valence-electron chi connectivity index (χ2n) is 7.69. The van der Waals surface area contributed by atoms with Crippen molar-refractivity contribution in [2.75, 3.05) is 37.3 Å². The summed E-state index contributed by atoms with van der Waals surface area (Å²) in [6.45, 7) is 9.01. The number of fused-ring (bicyclic) bond motifs is 1. The smallest absolute Gasteiger partial charge is 0.257 e. The first-order chi connectivity index (χ1) is 14.4. The predicted octanol–water partition coefficient (Wildman–Crippen LogP) is 5.08. The van der Waals surface area contributed by atoms with Gasteiger partial charge in [-0.3, -0.25) is 4.79 Å². The number of hydrogen-bond donors (Lipinski definition) is 0. The van der Waals surface area contributed by atoms with E-state index in [0.29, 0.717) is 24.4 Å². The Balaban J connectivity index is 1.48. The number of aryl methyl sites for hydroxylation is 1. The van der Waals surface area contributed by atoms with Crippen molar-refractivity contribution in [3.63, 3.8) is 0 Å². The van der Waals surface area contributed by atoms with Gasteiger partial charge in [-0.25, -0.2) is 4.98 Å². The number of hydrogen-bond acceptors (Lipinski definition) is 6. The molecular weight excluding hydrogens is 414 g/mol. The number of thiazole rings is 1. The summed E-state index contributed by atoms with van der Waals surface area (Å²) in [4.78, 5) is 23.3. The van der Waals surface area contributed by atoms with E-state index in [4.69, 9.17) is 4.74 Å². The Morgan fingerprint density at radius 2 is 1.90 bits per heavy atom. The second kappa shape index (κ2) is 8.86. The van der Waals surface area contributed by atoms with Crippen molar-refractivity contribution < 1.29 is 9.53 Å². The number of aromatic nitrogens is 1. The van der Waals surface area contributed by atoms with Gasteiger partial charge in [0.1, 0.15) is 5.75 Å². The van der Waals surface area contributed by atoms with Crippen molar-refractivity contribution in [3.05, 3.63) is 47.0 Å². The Morgan fingerprint density at radius 1 is 1.13 bits per heavy atom. The van der Waals surface area contributed by atoms with Gasteiger partial charge in [-0.15, -0.1) is 23.1 Å². The average molecular weight is 442 g/mol. The molecule has 30 heavy (non-hydrogen) atoms. The predicted molar refractivity (Wildman–Crippen MR) is 126 cm³/mol. The highest BCUT2D eigenvalue weighted by Gasteiger charge is 2.25. The number of rotatable bonds is 5. The molecule has 0 N–H and O–H groups in total. The Labute approximate surface area is 186 Å². The highest BCUT2D eigenvalue weighted by molar-refractivity contribution is 7.98. The first-order valence-electron chi connectivity index (χ1n) is 10.2. The zero-order valence-corrected chi connectivity index (χ0v) is 19.5. The van der Waals surface area contributed by atoms with Crippen molar-refractivity contribution in [1.29, 1.82) is 0 Å². The molecule has 1 fully saturated rings. The molecule has 4 rings (SSSR count). The van der Waals surface area contributed by atoms with Gasteiger partial charge in [0.15, 0.2) is 0 Å². The van der Waals surface area contributed by atoms with E-state index in [1.165, 1.54) is 10.4 Å². The molecule has 0 bridgehead atoms.